The van der Waals surface area contributed by atoms with E-state index in [9.17, 15) is 13.2 Å². The summed E-state index contributed by atoms with van der Waals surface area (Å²) in [5.74, 6) is -2.22. The van der Waals surface area contributed by atoms with E-state index in [4.69, 9.17) is 0 Å². The Morgan fingerprint density at radius 2 is 1.75 bits per heavy atom. The second-order valence-corrected chi connectivity index (χ2v) is 3.74. The number of rotatable bonds is 1. The minimum absolute atomic E-state index is 0.0304. The maximum absolute atomic E-state index is 12.8. The van der Waals surface area contributed by atoms with Crippen LogP contribution in [0.25, 0.3) is 0 Å². The van der Waals surface area contributed by atoms with Crippen LogP contribution in [0.3, 0.4) is 0 Å². The van der Waals surface area contributed by atoms with E-state index in [1.165, 1.54) is 6.07 Å². The number of hydrogen-bond acceptors (Lipinski definition) is 0. The zero-order valence-electron chi connectivity index (χ0n) is 5.67. The van der Waals surface area contributed by atoms with Gasteiger partial charge in [-0.1, -0.05) is 0 Å². The van der Waals surface area contributed by atoms with Crippen molar-refractivity contribution in [1.29, 1.82) is 0 Å². The molecule has 1 rings (SSSR count). The summed E-state index contributed by atoms with van der Waals surface area (Å²) >= 11 is 5.76. The van der Waals surface area contributed by atoms with Crippen molar-refractivity contribution in [2.24, 2.45) is 0 Å². The van der Waals surface area contributed by atoms with E-state index in [2.05, 4.69) is 31.9 Å². The van der Waals surface area contributed by atoms with Crippen LogP contribution < -0.4 is 0 Å². The summed E-state index contributed by atoms with van der Waals surface area (Å²) in [4.78, 5) is 0. The number of benzene rings is 1. The molecule has 0 spiro atoms. The Balaban J connectivity index is 3.39. The molecule has 66 valence electrons. The third kappa shape index (κ3) is 1.66. The van der Waals surface area contributed by atoms with E-state index >= 15 is 0 Å². The molecule has 0 aromatic heterocycles. The Bertz CT molecular complexity index is 312. The lowest BCUT2D eigenvalue weighted by molar-refractivity contribution is 0.439. The predicted octanol–water partition coefficient (Wildman–Crippen LogP) is 3.96. The van der Waals surface area contributed by atoms with Gasteiger partial charge in [0.2, 0.25) is 0 Å². The monoisotopic (exact) mass is 302 g/mol. The van der Waals surface area contributed by atoms with E-state index in [0.29, 0.717) is 4.47 Å². The smallest absolute Gasteiger partial charge is 0.174 e. The molecule has 12 heavy (non-hydrogen) atoms. The number of hydrogen-bond donors (Lipinski definition) is 0. The lowest BCUT2D eigenvalue weighted by Crippen LogP contribution is -1.94. The molecule has 0 aliphatic carbocycles. The van der Waals surface area contributed by atoms with Crippen molar-refractivity contribution in [1.82, 2.24) is 0 Å². The fourth-order valence-electron chi connectivity index (χ4n) is 0.719. The van der Waals surface area contributed by atoms with Crippen LogP contribution in [0.15, 0.2) is 15.0 Å². The molecule has 0 saturated heterocycles. The van der Waals surface area contributed by atoms with Crippen LogP contribution in [0.5, 0.6) is 0 Å². The molecule has 0 atom stereocenters. The average molecular weight is 304 g/mol. The van der Waals surface area contributed by atoms with Gasteiger partial charge in [-0.05, 0) is 37.9 Å². The Kier molecular flexibility index (Phi) is 3.17. The molecule has 1 aromatic rings. The summed E-state index contributed by atoms with van der Waals surface area (Å²) in [7, 11) is 0. The predicted molar refractivity (Wildman–Crippen MR) is 46.6 cm³/mol. The largest absolute Gasteiger partial charge is 0.246 e. The lowest BCUT2D eigenvalue weighted by Gasteiger charge is -2.03. The maximum Gasteiger partial charge on any atom is 0.174 e. The highest BCUT2D eigenvalue weighted by molar-refractivity contribution is 9.13. The Morgan fingerprint density at radius 3 is 2.25 bits per heavy atom. The molecule has 0 fully saturated rings. The summed E-state index contributed by atoms with van der Waals surface area (Å²) in [5, 5.41) is 0. The molecule has 0 saturated carbocycles. The Hall–Kier alpha value is -0.0300. The molecule has 0 unspecified atom stereocenters. The minimum atomic E-state index is -1.15. The van der Waals surface area contributed by atoms with E-state index < -0.39 is 18.3 Å². The fraction of sp³-hybridized carbons (Fsp3) is 0.143. The number of halogens is 5. The van der Waals surface area contributed by atoms with Crippen molar-refractivity contribution >= 4 is 31.9 Å². The molecule has 5 heteroatoms. The molecule has 0 nitrogen and oxygen atoms in total. The molecule has 0 N–H and O–H groups in total. The van der Waals surface area contributed by atoms with Crippen molar-refractivity contribution in [2.75, 3.05) is 0 Å². The fourth-order valence-corrected chi connectivity index (χ4v) is 1.46. The van der Waals surface area contributed by atoms with Crippen molar-refractivity contribution in [2.45, 2.75) is 6.67 Å². The second kappa shape index (κ2) is 3.79. The molecule has 0 radical (unpaired) electrons. The van der Waals surface area contributed by atoms with Crippen LogP contribution in [0.4, 0.5) is 13.2 Å². The average Bonchev–Trinajstić information content (AvgIpc) is 2.08. The molecule has 0 aliphatic rings. The van der Waals surface area contributed by atoms with Crippen LogP contribution in [0.1, 0.15) is 5.56 Å². The van der Waals surface area contributed by atoms with Gasteiger partial charge >= 0.3 is 0 Å². The molecule has 0 amide bonds. The van der Waals surface area contributed by atoms with Gasteiger partial charge in [-0.2, -0.15) is 0 Å². The molecule has 1 aromatic carbocycles. The Labute approximate surface area is 84.0 Å². The molecular weight excluding hydrogens is 301 g/mol. The zero-order valence-corrected chi connectivity index (χ0v) is 8.85. The highest BCUT2D eigenvalue weighted by Gasteiger charge is 2.14. The van der Waals surface area contributed by atoms with E-state index in [-0.39, 0.29) is 10.0 Å². The Morgan fingerprint density at radius 1 is 1.17 bits per heavy atom. The summed E-state index contributed by atoms with van der Waals surface area (Å²) in [6.45, 7) is -1.02. The van der Waals surface area contributed by atoms with Crippen LogP contribution in [0, 0.1) is 11.6 Å². The van der Waals surface area contributed by atoms with E-state index in [1.807, 2.05) is 0 Å². The molecular formula is C7H3Br2F3. The SMILES string of the molecule is FCc1cc(Br)c(Br)c(F)c1F. The van der Waals surface area contributed by atoms with Gasteiger partial charge in [0.05, 0.1) is 4.47 Å². The number of alkyl halides is 1. The van der Waals surface area contributed by atoms with E-state index in [0.717, 1.165) is 0 Å². The lowest BCUT2D eigenvalue weighted by atomic mass is 10.2. The highest BCUT2D eigenvalue weighted by atomic mass is 79.9. The zero-order chi connectivity index (χ0) is 9.30. The van der Waals surface area contributed by atoms with Crippen LogP contribution in [-0.4, -0.2) is 0 Å². The topological polar surface area (TPSA) is 0 Å². The van der Waals surface area contributed by atoms with Gasteiger partial charge in [-0.3, -0.25) is 0 Å². The van der Waals surface area contributed by atoms with Gasteiger partial charge in [0.25, 0.3) is 0 Å². The first-order chi connectivity index (χ1) is 5.57. The molecule has 0 aliphatic heterocycles. The van der Waals surface area contributed by atoms with Crippen LogP contribution in [-0.2, 0) is 6.67 Å². The quantitative estimate of drug-likeness (QED) is 0.544. The van der Waals surface area contributed by atoms with Gasteiger partial charge in [-0.15, -0.1) is 0 Å². The van der Waals surface area contributed by atoms with Gasteiger partial charge in [0, 0.05) is 10.0 Å². The second-order valence-electron chi connectivity index (χ2n) is 2.09. The first-order valence-corrected chi connectivity index (χ1v) is 4.54. The van der Waals surface area contributed by atoms with Crippen LogP contribution >= 0.6 is 31.9 Å². The van der Waals surface area contributed by atoms with Crippen molar-refractivity contribution in [3.05, 3.63) is 32.2 Å². The highest BCUT2D eigenvalue weighted by Crippen LogP contribution is 2.30. The summed E-state index contributed by atoms with van der Waals surface area (Å²) in [6.07, 6.45) is 0. The van der Waals surface area contributed by atoms with Gasteiger partial charge in [0.15, 0.2) is 11.6 Å². The van der Waals surface area contributed by atoms with Gasteiger partial charge in [-0.25, -0.2) is 13.2 Å². The van der Waals surface area contributed by atoms with E-state index in [1.54, 1.807) is 0 Å². The van der Waals surface area contributed by atoms with Crippen molar-refractivity contribution < 1.29 is 13.2 Å². The first-order valence-electron chi connectivity index (χ1n) is 2.95. The standard InChI is InChI=1S/C7H3Br2F3/c8-4-1-3(2-10)6(11)7(12)5(4)9/h1H,2H2. The van der Waals surface area contributed by atoms with Crippen LogP contribution in [0.2, 0.25) is 0 Å². The molecule has 0 heterocycles. The maximum atomic E-state index is 12.8. The normalized spacial score (nSPS) is 10.4. The molecule has 0 bridgehead atoms. The first kappa shape index (κ1) is 10.1. The van der Waals surface area contributed by atoms with Crippen molar-refractivity contribution in [3.63, 3.8) is 0 Å². The summed E-state index contributed by atoms with van der Waals surface area (Å²) in [6, 6.07) is 1.20. The third-order valence-electron chi connectivity index (χ3n) is 1.32. The van der Waals surface area contributed by atoms with Gasteiger partial charge < -0.3 is 0 Å². The minimum Gasteiger partial charge on any atom is -0.246 e. The summed E-state index contributed by atoms with van der Waals surface area (Å²) < 4.78 is 37.9. The van der Waals surface area contributed by atoms with Gasteiger partial charge in [0.1, 0.15) is 6.67 Å². The summed E-state index contributed by atoms with van der Waals surface area (Å²) in [5.41, 5.74) is -0.289. The third-order valence-corrected chi connectivity index (χ3v) is 3.25. The van der Waals surface area contributed by atoms with Crippen molar-refractivity contribution in [3.8, 4) is 0 Å².